The molecule has 7 nitrogen and oxygen atoms in total. The third-order valence-electron chi connectivity index (χ3n) is 5.43. The smallest absolute Gasteiger partial charge is 0.193 e. The van der Waals surface area contributed by atoms with Gasteiger partial charge in [0.1, 0.15) is 11.6 Å². The molecule has 4 rings (SSSR count). The summed E-state index contributed by atoms with van der Waals surface area (Å²) in [4.78, 5) is 9.21. The van der Waals surface area contributed by atoms with Crippen LogP contribution in [0.3, 0.4) is 0 Å². The standard InChI is InChI=1S/C19H27FN4O3.HI/c1-21-19(24-3-2-17(11-24)23-4-6-25-7-5-23)22-10-14-8-16(20)9-15-12-26-13-27-18(14)15;/h8-9,17H,2-7,10-13H2,1H3,(H,21,22);1H. The summed E-state index contributed by atoms with van der Waals surface area (Å²) in [5, 5.41) is 3.37. The SMILES string of the molecule is CN=C(NCc1cc(F)cc2c1OCOC2)N1CCC(N2CCOCC2)C1.I. The zero-order valence-electron chi connectivity index (χ0n) is 16.2. The van der Waals surface area contributed by atoms with E-state index in [0.717, 1.165) is 68.6 Å². The van der Waals surface area contributed by atoms with Gasteiger partial charge in [0.25, 0.3) is 0 Å². The highest BCUT2D eigenvalue weighted by atomic mass is 127. The molecule has 0 amide bonds. The maximum atomic E-state index is 13.9. The van der Waals surface area contributed by atoms with Crippen molar-refractivity contribution >= 4 is 29.9 Å². The van der Waals surface area contributed by atoms with Crippen LogP contribution in [0, 0.1) is 5.82 Å². The van der Waals surface area contributed by atoms with E-state index < -0.39 is 0 Å². The molecule has 1 aromatic rings. The summed E-state index contributed by atoms with van der Waals surface area (Å²) in [5.41, 5.74) is 1.54. The van der Waals surface area contributed by atoms with Crippen molar-refractivity contribution in [3.05, 3.63) is 29.1 Å². The second-order valence-electron chi connectivity index (χ2n) is 7.10. The van der Waals surface area contributed by atoms with Crippen molar-refractivity contribution < 1.29 is 18.6 Å². The quantitative estimate of drug-likeness (QED) is 0.384. The average molecular weight is 506 g/mol. The lowest BCUT2D eigenvalue weighted by atomic mass is 10.1. The minimum absolute atomic E-state index is 0. The number of rotatable bonds is 3. The van der Waals surface area contributed by atoms with Crippen molar-refractivity contribution in [2.75, 3.05) is 53.2 Å². The number of likely N-dealkylation sites (tertiary alicyclic amines) is 1. The largest absolute Gasteiger partial charge is 0.467 e. The lowest BCUT2D eigenvalue weighted by Crippen LogP contribution is -2.46. The van der Waals surface area contributed by atoms with Gasteiger partial charge in [0, 0.05) is 56.9 Å². The molecule has 156 valence electrons. The van der Waals surface area contributed by atoms with E-state index in [1.165, 1.54) is 12.1 Å². The van der Waals surface area contributed by atoms with E-state index in [0.29, 0.717) is 19.2 Å². The molecule has 1 atom stereocenters. The molecule has 28 heavy (non-hydrogen) atoms. The zero-order valence-corrected chi connectivity index (χ0v) is 18.5. The number of hydrogen-bond donors (Lipinski definition) is 1. The molecule has 1 unspecified atom stereocenters. The summed E-state index contributed by atoms with van der Waals surface area (Å²) in [5.74, 6) is 1.29. The van der Waals surface area contributed by atoms with Crippen LogP contribution in [-0.2, 0) is 22.6 Å². The first-order valence-corrected chi connectivity index (χ1v) is 9.54. The van der Waals surface area contributed by atoms with Crippen molar-refractivity contribution in [2.45, 2.75) is 25.6 Å². The maximum Gasteiger partial charge on any atom is 0.193 e. The van der Waals surface area contributed by atoms with Crippen LogP contribution in [0.2, 0.25) is 0 Å². The molecule has 2 saturated heterocycles. The summed E-state index contributed by atoms with van der Waals surface area (Å²) in [6.07, 6.45) is 1.12. The number of benzene rings is 1. The van der Waals surface area contributed by atoms with Gasteiger partial charge in [-0.2, -0.15) is 0 Å². The summed E-state index contributed by atoms with van der Waals surface area (Å²) in [6, 6.07) is 3.53. The Bertz CT molecular complexity index is 700. The lowest BCUT2D eigenvalue weighted by molar-refractivity contribution is -0.0173. The Balaban J connectivity index is 0.00000225. The molecule has 1 aromatic carbocycles. The van der Waals surface area contributed by atoms with E-state index in [9.17, 15) is 4.39 Å². The number of guanidine groups is 1. The van der Waals surface area contributed by atoms with Gasteiger partial charge in [-0.25, -0.2) is 4.39 Å². The minimum Gasteiger partial charge on any atom is -0.467 e. The molecule has 3 aliphatic heterocycles. The van der Waals surface area contributed by atoms with Crippen LogP contribution < -0.4 is 10.1 Å². The molecule has 2 fully saturated rings. The molecule has 0 radical (unpaired) electrons. The Morgan fingerprint density at radius 2 is 2.07 bits per heavy atom. The third kappa shape index (κ3) is 4.87. The number of nitrogens with one attached hydrogen (secondary N) is 1. The molecule has 1 N–H and O–H groups in total. The number of halogens is 2. The second-order valence-corrected chi connectivity index (χ2v) is 7.10. The Labute approximate surface area is 182 Å². The van der Waals surface area contributed by atoms with E-state index in [1.807, 2.05) is 0 Å². The molecule has 0 aromatic heterocycles. The Hall–Kier alpha value is -1.17. The number of fused-ring (bicyclic) bond motifs is 1. The summed E-state index contributed by atoms with van der Waals surface area (Å²) < 4.78 is 30.2. The highest BCUT2D eigenvalue weighted by Crippen LogP contribution is 2.29. The van der Waals surface area contributed by atoms with Crippen molar-refractivity contribution in [2.24, 2.45) is 4.99 Å². The Morgan fingerprint density at radius 1 is 1.25 bits per heavy atom. The normalized spacial score (nSPS) is 23.0. The first kappa shape index (κ1) is 21.5. The molecule has 0 saturated carbocycles. The van der Waals surface area contributed by atoms with Gasteiger partial charge in [-0.3, -0.25) is 9.89 Å². The van der Waals surface area contributed by atoms with Crippen molar-refractivity contribution in [1.82, 2.24) is 15.1 Å². The molecule has 3 aliphatic rings. The van der Waals surface area contributed by atoms with Gasteiger partial charge < -0.3 is 24.4 Å². The van der Waals surface area contributed by atoms with Gasteiger partial charge >= 0.3 is 0 Å². The van der Waals surface area contributed by atoms with Gasteiger partial charge in [-0.05, 0) is 18.6 Å². The number of morpholine rings is 1. The van der Waals surface area contributed by atoms with Crippen LogP contribution >= 0.6 is 24.0 Å². The van der Waals surface area contributed by atoms with E-state index in [1.54, 1.807) is 7.05 Å². The van der Waals surface area contributed by atoms with Crippen LogP contribution in [0.25, 0.3) is 0 Å². The molecule has 3 heterocycles. The van der Waals surface area contributed by atoms with E-state index in [4.69, 9.17) is 14.2 Å². The van der Waals surface area contributed by atoms with Gasteiger partial charge in [0.15, 0.2) is 12.8 Å². The summed E-state index contributed by atoms with van der Waals surface area (Å²) in [7, 11) is 1.79. The van der Waals surface area contributed by atoms with E-state index in [2.05, 4.69) is 20.1 Å². The fraction of sp³-hybridized carbons (Fsp3) is 0.632. The van der Waals surface area contributed by atoms with Crippen LogP contribution in [0.1, 0.15) is 17.5 Å². The highest BCUT2D eigenvalue weighted by molar-refractivity contribution is 14.0. The summed E-state index contributed by atoms with van der Waals surface area (Å²) >= 11 is 0. The predicted molar refractivity (Wildman–Crippen MR) is 115 cm³/mol. The zero-order chi connectivity index (χ0) is 18.6. The number of hydrogen-bond acceptors (Lipinski definition) is 5. The first-order valence-electron chi connectivity index (χ1n) is 9.54. The lowest BCUT2D eigenvalue weighted by Gasteiger charge is -2.32. The van der Waals surface area contributed by atoms with Crippen LogP contribution in [0.4, 0.5) is 4.39 Å². The van der Waals surface area contributed by atoms with Gasteiger partial charge in [0.05, 0.1) is 19.8 Å². The topological polar surface area (TPSA) is 58.6 Å². The molecular formula is C19H28FIN4O3. The molecule has 9 heteroatoms. The van der Waals surface area contributed by atoms with Crippen LogP contribution in [0.5, 0.6) is 5.75 Å². The van der Waals surface area contributed by atoms with Crippen molar-refractivity contribution in [3.63, 3.8) is 0 Å². The van der Waals surface area contributed by atoms with Crippen molar-refractivity contribution in [3.8, 4) is 5.75 Å². The summed E-state index contributed by atoms with van der Waals surface area (Å²) in [6.45, 7) is 6.59. The maximum absolute atomic E-state index is 13.9. The van der Waals surface area contributed by atoms with Crippen LogP contribution in [-0.4, -0.2) is 75.0 Å². The predicted octanol–water partition coefficient (Wildman–Crippen LogP) is 1.79. The van der Waals surface area contributed by atoms with E-state index >= 15 is 0 Å². The van der Waals surface area contributed by atoms with Gasteiger partial charge in [-0.15, -0.1) is 24.0 Å². The number of aliphatic imine (C=N–C) groups is 1. The van der Waals surface area contributed by atoms with Gasteiger partial charge in [-0.1, -0.05) is 0 Å². The fourth-order valence-electron chi connectivity index (χ4n) is 4.07. The second kappa shape index (κ2) is 10.0. The average Bonchev–Trinajstić information content (AvgIpc) is 3.19. The number of nitrogens with zero attached hydrogens (tertiary/aromatic N) is 3. The molecule has 0 bridgehead atoms. The monoisotopic (exact) mass is 506 g/mol. The van der Waals surface area contributed by atoms with Crippen LogP contribution in [0.15, 0.2) is 17.1 Å². The van der Waals surface area contributed by atoms with E-state index in [-0.39, 0.29) is 36.6 Å². The van der Waals surface area contributed by atoms with Gasteiger partial charge in [0.2, 0.25) is 0 Å². The highest BCUT2D eigenvalue weighted by Gasteiger charge is 2.30. The molecule has 0 aliphatic carbocycles. The Kier molecular flexibility index (Phi) is 7.72. The number of ether oxygens (including phenoxy) is 3. The molecule has 0 spiro atoms. The minimum atomic E-state index is -0.275. The fourth-order valence-corrected chi connectivity index (χ4v) is 4.07. The Morgan fingerprint density at radius 3 is 2.86 bits per heavy atom. The van der Waals surface area contributed by atoms with Crippen molar-refractivity contribution in [1.29, 1.82) is 0 Å². The first-order chi connectivity index (χ1) is 13.2. The molecular weight excluding hydrogens is 478 g/mol. The third-order valence-corrected chi connectivity index (χ3v) is 5.43.